The van der Waals surface area contributed by atoms with Gasteiger partial charge in [-0.3, -0.25) is 14.9 Å². The largest absolute Gasteiger partial charge is 0.480 e. The molecule has 0 saturated carbocycles. The summed E-state index contributed by atoms with van der Waals surface area (Å²) < 4.78 is 0. The first kappa shape index (κ1) is 18.7. The van der Waals surface area contributed by atoms with Gasteiger partial charge in [-0.15, -0.1) is 0 Å². The number of nitro groups is 1. The normalized spacial score (nSPS) is 18.4. The molecular formula is C21H19N3O5. The Morgan fingerprint density at radius 3 is 2.69 bits per heavy atom. The van der Waals surface area contributed by atoms with Crippen LogP contribution in [0.25, 0.3) is 10.9 Å². The zero-order valence-electron chi connectivity index (χ0n) is 15.7. The average Bonchev–Trinajstić information content (AvgIpc) is 3.10. The highest BCUT2D eigenvalue weighted by Gasteiger charge is 2.43. The first-order valence-corrected chi connectivity index (χ1v) is 9.30. The predicted octanol–water partition coefficient (Wildman–Crippen LogP) is 3.41. The van der Waals surface area contributed by atoms with Crippen molar-refractivity contribution in [3.05, 3.63) is 75.5 Å². The summed E-state index contributed by atoms with van der Waals surface area (Å²) in [5.74, 6) is -1.42. The second kappa shape index (κ2) is 7.05. The third-order valence-electron chi connectivity index (χ3n) is 5.40. The lowest BCUT2D eigenvalue weighted by Gasteiger charge is -2.40. The second-order valence-electron chi connectivity index (χ2n) is 7.03. The highest BCUT2D eigenvalue weighted by Crippen LogP contribution is 2.41. The standard InChI is InChI=1S/C21H19N3O5/c1-2-18(25)23-17(21(26)27)11-15-14-8-3-4-9-16(14)22-19(15)20(23)12-6-5-7-13(10-12)24(28)29/h3-10,17,20,22H,2,11H2,1H3,(H,26,27). The van der Waals surface area contributed by atoms with E-state index in [4.69, 9.17) is 0 Å². The van der Waals surface area contributed by atoms with Gasteiger partial charge in [0.1, 0.15) is 6.04 Å². The summed E-state index contributed by atoms with van der Waals surface area (Å²) in [6, 6.07) is 11.7. The number of aliphatic carboxylic acids is 1. The van der Waals surface area contributed by atoms with Gasteiger partial charge < -0.3 is 15.0 Å². The van der Waals surface area contributed by atoms with Crippen LogP contribution in [0.4, 0.5) is 5.69 Å². The number of carboxylic acids is 1. The molecule has 148 valence electrons. The summed E-state index contributed by atoms with van der Waals surface area (Å²) in [5, 5.41) is 22.1. The Morgan fingerprint density at radius 2 is 2.00 bits per heavy atom. The van der Waals surface area contributed by atoms with Crippen LogP contribution in [0.3, 0.4) is 0 Å². The van der Waals surface area contributed by atoms with Crippen LogP contribution in [0, 0.1) is 10.1 Å². The molecule has 1 aliphatic heterocycles. The van der Waals surface area contributed by atoms with Gasteiger partial charge in [-0.2, -0.15) is 0 Å². The number of carbonyl (C=O) groups is 2. The highest BCUT2D eigenvalue weighted by atomic mass is 16.6. The van der Waals surface area contributed by atoms with E-state index in [1.54, 1.807) is 19.1 Å². The van der Waals surface area contributed by atoms with E-state index in [1.165, 1.54) is 17.0 Å². The number of fused-ring (bicyclic) bond motifs is 3. The number of aromatic amines is 1. The molecule has 0 saturated heterocycles. The molecule has 0 fully saturated rings. The predicted molar refractivity (Wildman–Crippen MR) is 106 cm³/mol. The number of nitrogens with zero attached hydrogens (tertiary/aromatic N) is 2. The highest BCUT2D eigenvalue weighted by molar-refractivity contribution is 5.90. The van der Waals surface area contributed by atoms with Crippen LogP contribution in [0.15, 0.2) is 48.5 Å². The first-order valence-electron chi connectivity index (χ1n) is 9.30. The summed E-state index contributed by atoms with van der Waals surface area (Å²) in [6.07, 6.45) is 0.302. The molecule has 2 aromatic carbocycles. The van der Waals surface area contributed by atoms with E-state index < -0.39 is 23.0 Å². The fourth-order valence-corrected chi connectivity index (χ4v) is 4.13. The van der Waals surface area contributed by atoms with Crippen LogP contribution in [-0.4, -0.2) is 37.8 Å². The van der Waals surface area contributed by atoms with Gasteiger partial charge in [-0.05, 0) is 17.2 Å². The third kappa shape index (κ3) is 3.02. The number of rotatable bonds is 4. The van der Waals surface area contributed by atoms with E-state index in [1.807, 2.05) is 24.3 Å². The molecule has 0 aliphatic carbocycles. The molecule has 1 amide bonds. The molecule has 1 aromatic heterocycles. The molecule has 2 unspecified atom stereocenters. The van der Waals surface area contributed by atoms with Crippen molar-refractivity contribution in [2.24, 2.45) is 0 Å². The number of nitro benzene ring substituents is 1. The molecule has 0 radical (unpaired) electrons. The molecule has 8 heteroatoms. The second-order valence-corrected chi connectivity index (χ2v) is 7.03. The van der Waals surface area contributed by atoms with Crippen molar-refractivity contribution in [2.75, 3.05) is 0 Å². The van der Waals surface area contributed by atoms with E-state index in [9.17, 15) is 24.8 Å². The number of carboxylic acid groups (broad SMARTS) is 1. The monoisotopic (exact) mass is 393 g/mol. The number of para-hydroxylation sites is 1. The van der Waals surface area contributed by atoms with Gasteiger partial charge >= 0.3 is 5.97 Å². The van der Waals surface area contributed by atoms with E-state index >= 15 is 0 Å². The van der Waals surface area contributed by atoms with E-state index in [-0.39, 0.29) is 24.4 Å². The number of benzene rings is 2. The van der Waals surface area contributed by atoms with Gasteiger partial charge in [0.15, 0.2) is 0 Å². The van der Waals surface area contributed by atoms with Gasteiger partial charge in [0, 0.05) is 41.6 Å². The minimum absolute atomic E-state index is 0.110. The van der Waals surface area contributed by atoms with Crippen LogP contribution in [0.1, 0.15) is 36.2 Å². The minimum Gasteiger partial charge on any atom is -0.480 e. The molecule has 2 N–H and O–H groups in total. The lowest BCUT2D eigenvalue weighted by molar-refractivity contribution is -0.384. The van der Waals surface area contributed by atoms with Crippen molar-refractivity contribution in [3.63, 3.8) is 0 Å². The molecule has 1 aliphatic rings. The summed E-state index contributed by atoms with van der Waals surface area (Å²) in [4.78, 5) is 40.4. The summed E-state index contributed by atoms with van der Waals surface area (Å²) in [5.41, 5.74) is 2.75. The first-order chi connectivity index (χ1) is 13.9. The Bertz CT molecular complexity index is 1140. The van der Waals surface area contributed by atoms with Gasteiger partial charge in [-0.1, -0.05) is 37.3 Å². The summed E-state index contributed by atoms with van der Waals surface area (Å²) >= 11 is 0. The number of non-ortho nitro benzene ring substituents is 1. The maximum absolute atomic E-state index is 12.8. The van der Waals surface area contributed by atoms with Crippen LogP contribution in [-0.2, 0) is 16.0 Å². The number of nitrogens with one attached hydrogen (secondary N) is 1. The smallest absolute Gasteiger partial charge is 0.326 e. The molecule has 0 spiro atoms. The van der Waals surface area contributed by atoms with Crippen LogP contribution in [0.5, 0.6) is 0 Å². The lowest BCUT2D eigenvalue weighted by atomic mass is 9.87. The Balaban J connectivity index is 2.00. The number of hydrogen-bond donors (Lipinski definition) is 2. The average molecular weight is 393 g/mol. The zero-order valence-corrected chi connectivity index (χ0v) is 15.7. The van der Waals surface area contributed by atoms with Crippen LogP contribution >= 0.6 is 0 Å². The van der Waals surface area contributed by atoms with Crippen molar-refractivity contribution in [1.29, 1.82) is 0 Å². The molecule has 2 heterocycles. The summed E-state index contributed by atoms with van der Waals surface area (Å²) in [7, 11) is 0. The number of carbonyl (C=O) groups excluding carboxylic acids is 1. The van der Waals surface area contributed by atoms with Crippen molar-refractivity contribution < 1.29 is 19.6 Å². The van der Waals surface area contributed by atoms with E-state index in [2.05, 4.69) is 4.98 Å². The van der Waals surface area contributed by atoms with E-state index in [0.717, 1.165) is 16.5 Å². The maximum atomic E-state index is 12.8. The van der Waals surface area contributed by atoms with Crippen molar-refractivity contribution >= 4 is 28.5 Å². The molecule has 3 aromatic rings. The Labute approximate surface area is 165 Å². The number of hydrogen-bond acceptors (Lipinski definition) is 4. The van der Waals surface area contributed by atoms with Crippen molar-refractivity contribution in [2.45, 2.75) is 31.8 Å². The maximum Gasteiger partial charge on any atom is 0.326 e. The van der Waals surface area contributed by atoms with Gasteiger partial charge in [0.2, 0.25) is 5.91 Å². The third-order valence-corrected chi connectivity index (χ3v) is 5.40. The molecule has 4 rings (SSSR count). The fraction of sp³-hybridized carbons (Fsp3) is 0.238. The number of H-pyrrole nitrogens is 1. The lowest BCUT2D eigenvalue weighted by Crippen LogP contribution is -2.51. The molecule has 2 atom stereocenters. The molecular weight excluding hydrogens is 374 g/mol. The fourth-order valence-electron chi connectivity index (χ4n) is 4.13. The quantitative estimate of drug-likeness (QED) is 0.520. The minimum atomic E-state index is -1.10. The molecule has 29 heavy (non-hydrogen) atoms. The Hall–Kier alpha value is -3.68. The van der Waals surface area contributed by atoms with E-state index in [0.29, 0.717) is 11.3 Å². The van der Waals surface area contributed by atoms with Gasteiger partial charge in [-0.25, -0.2) is 4.79 Å². The number of amides is 1. The SMILES string of the molecule is CCC(=O)N1C(C(=O)O)Cc2c([nH]c3ccccc23)C1c1cccc([N+](=O)[O-])c1. The Morgan fingerprint density at radius 1 is 1.24 bits per heavy atom. The molecule has 8 nitrogen and oxygen atoms in total. The Kier molecular flexibility index (Phi) is 4.54. The topological polar surface area (TPSA) is 117 Å². The van der Waals surface area contributed by atoms with Gasteiger partial charge in [0.25, 0.3) is 5.69 Å². The van der Waals surface area contributed by atoms with Crippen LogP contribution in [0.2, 0.25) is 0 Å². The summed E-state index contributed by atoms with van der Waals surface area (Å²) in [6.45, 7) is 1.67. The zero-order chi connectivity index (χ0) is 20.7. The van der Waals surface area contributed by atoms with Gasteiger partial charge in [0.05, 0.1) is 11.0 Å². The molecule has 0 bridgehead atoms. The van der Waals surface area contributed by atoms with Crippen LogP contribution < -0.4 is 0 Å². The van der Waals surface area contributed by atoms with Crippen molar-refractivity contribution in [3.8, 4) is 0 Å². The number of aromatic nitrogens is 1. The van der Waals surface area contributed by atoms with Crippen molar-refractivity contribution in [1.82, 2.24) is 9.88 Å².